The topological polar surface area (TPSA) is 81.2 Å². The van der Waals surface area contributed by atoms with Gasteiger partial charge in [-0.2, -0.15) is 0 Å². The summed E-state index contributed by atoms with van der Waals surface area (Å²) in [6.07, 6.45) is -0.917. The number of hydrogen-bond acceptors (Lipinski definition) is 6. The van der Waals surface area contributed by atoms with Crippen LogP contribution in [0, 0.1) is 0 Å². The van der Waals surface area contributed by atoms with Crippen LogP contribution >= 0.6 is 11.6 Å². The number of ether oxygens (including phenoxy) is 3. The minimum absolute atomic E-state index is 0.312. The van der Waals surface area contributed by atoms with Gasteiger partial charge < -0.3 is 24.8 Å². The number of halogens is 1. The molecule has 4 rings (SSSR count). The van der Waals surface area contributed by atoms with Gasteiger partial charge in [-0.05, 0) is 18.2 Å². The molecule has 1 aliphatic heterocycles. The lowest BCUT2D eigenvalue weighted by Crippen LogP contribution is -2.32. The summed E-state index contributed by atoms with van der Waals surface area (Å²) in [6.45, 7) is 0. The summed E-state index contributed by atoms with van der Waals surface area (Å²) in [5.41, 5.74) is 3.47. The zero-order valence-corrected chi connectivity index (χ0v) is 18.6. The Morgan fingerprint density at radius 2 is 1.62 bits per heavy atom. The van der Waals surface area contributed by atoms with Crippen molar-refractivity contribution in [1.29, 1.82) is 0 Å². The Balaban J connectivity index is 1.80. The molecule has 1 amide bonds. The lowest BCUT2D eigenvalue weighted by Gasteiger charge is -2.18. The first-order chi connectivity index (χ1) is 15.5. The molecule has 1 aliphatic rings. The number of carbonyl (C=O) groups is 1. The van der Waals surface area contributed by atoms with E-state index in [1.54, 1.807) is 30.3 Å². The summed E-state index contributed by atoms with van der Waals surface area (Å²) in [5.74, 6) is 1.08. The Bertz CT molecular complexity index is 1160. The molecule has 1 unspecified atom stereocenters. The monoisotopic (exact) mass is 451 g/mol. The van der Waals surface area contributed by atoms with E-state index >= 15 is 0 Å². The van der Waals surface area contributed by atoms with Crippen molar-refractivity contribution in [2.75, 3.05) is 32.0 Å². The molecule has 164 valence electrons. The molecule has 0 aromatic heterocycles. The highest BCUT2D eigenvalue weighted by Gasteiger charge is 2.27. The van der Waals surface area contributed by atoms with Crippen molar-refractivity contribution in [3.8, 4) is 17.2 Å². The number of benzene rings is 3. The Hall–Kier alpha value is -3.71. The number of carbonyl (C=O) groups excluding carboxylic acids is 1. The highest BCUT2D eigenvalue weighted by atomic mass is 35.5. The SMILES string of the molecule is COc1cc(NC2N=C(c3ccccc3)c3cc(Cl)ccc3NC2=O)cc(OC)c1OC. The molecule has 0 bridgehead atoms. The molecule has 0 aliphatic carbocycles. The number of nitrogens with one attached hydrogen (secondary N) is 2. The molecule has 0 fully saturated rings. The van der Waals surface area contributed by atoms with Crippen molar-refractivity contribution in [3.05, 3.63) is 76.8 Å². The van der Waals surface area contributed by atoms with E-state index in [4.69, 9.17) is 30.8 Å². The number of benzodiazepines with no additional fused rings is 1. The Labute approximate surface area is 191 Å². The van der Waals surface area contributed by atoms with E-state index in [2.05, 4.69) is 10.6 Å². The number of anilines is 2. The molecule has 2 N–H and O–H groups in total. The summed E-state index contributed by atoms with van der Waals surface area (Å²) in [4.78, 5) is 17.9. The van der Waals surface area contributed by atoms with Gasteiger partial charge in [-0.1, -0.05) is 41.9 Å². The second-order valence-electron chi connectivity index (χ2n) is 6.98. The van der Waals surface area contributed by atoms with Crippen LogP contribution in [0.4, 0.5) is 11.4 Å². The molecule has 3 aromatic carbocycles. The first-order valence-corrected chi connectivity index (χ1v) is 10.2. The van der Waals surface area contributed by atoms with Gasteiger partial charge in [-0.15, -0.1) is 0 Å². The highest BCUT2D eigenvalue weighted by Crippen LogP contribution is 2.40. The number of amides is 1. The predicted octanol–water partition coefficient (Wildman–Crippen LogP) is 4.59. The normalized spacial score (nSPS) is 15.1. The van der Waals surface area contributed by atoms with Crippen LogP contribution in [0.1, 0.15) is 11.1 Å². The molecule has 0 saturated heterocycles. The van der Waals surface area contributed by atoms with E-state index in [0.29, 0.717) is 39.4 Å². The molecule has 32 heavy (non-hydrogen) atoms. The van der Waals surface area contributed by atoms with Gasteiger partial charge in [0.15, 0.2) is 17.7 Å². The first-order valence-electron chi connectivity index (χ1n) is 9.84. The van der Waals surface area contributed by atoms with Crippen LogP contribution in [0.25, 0.3) is 0 Å². The molecule has 0 radical (unpaired) electrons. The molecular weight excluding hydrogens is 430 g/mol. The van der Waals surface area contributed by atoms with Crippen molar-refractivity contribution in [1.82, 2.24) is 0 Å². The van der Waals surface area contributed by atoms with Gasteiger partial charge in [0.25, 0.3) is 5.91 Å². The van der Waals surface area contributed by atoms with Crippen molar-refractivity contribution < 1.29 is 19.0 Å². The zero-order chi connectivity index (χ0) is 22.7. The van der Waals surface area contributed by atoms with Gasteiger partial charge in [0.1, 0.15) is 0 Å². The molecule has 0 saturated carbocycles. The van der Waals surface area contributed by atoms with E-state index in [-0.39, 0.29) is 5.91 Å². The van der Waals surface area contributed by atoms with E-state index < -0.39 is 6.17 Å². The quantitative estimate of drug-likeness (QED) is 0.572. The van der Waals surface area contributed by atoms with Gasteiger partial charge in [0.05, 0.1) is 32.7 Å². The van der Waals surface area contributed by atoms with Crippen LogP contribution in [0.2, 0.25) is 5.02 Å². The highest BCUT2D eigenvalue weighted by molar-refractivity contribution is 6.32. The van der Waals surface area contributed by atoms with Crippen LogP contribution in [-0.4, -0.2) is 39.1 Å². The van der Waals surface area contributed by atoms with Crippen LogP contribution in [-0.2, 0) is 4.79 Å². The van der Waals surface area contributed by atoms with Crippen molar-refractivity contribution in [2.45, 2.75) is 6.17 Å². The Morgan fingerprint density at radius 3 is 2.25 bits per heavy atom. The van der Waals surface area contributed by atoms with Crippen LogP contribution in [0.3, 0.4) is 0 Å². The summed E-state index contributed by atoms with van der Waals surface area (Å²) in [5, 5.41) is 6.66. The molecule has 0 spiro atoms. The lowest BCUT2D eigenvalue weighted by atomic mass is 10.0. The van der Waals surface area contributed by atoms with Gasteiger partial charge >= 0.3 is 0 Å². The predicted molar refractivity (Wildman–Crippen MR) is 126 cm³/mol. The standard InChI is InChI=1S/C24H22ClN3O4/c1-30-19-12-16(13-20(31-2)22(19)32-3)26-23-24(29)27-18-10-9-15(25)11-17(18)21(28-23)14-7-5-4-6-8-14/h4-13,23,26H,1-3H3,(H,27,29). The summed E-state index contributed by atoms with van der Waals surface area (Å²) >= 11 is 6.26. The summed E-state index contributed by atoms with van der Waals surface area (Å²) in [6, 6.07) is 18.4. The maximum Gasteiger partial charge on any atom is 0.269 e. The molecule has 1 atom stereocenters. The fourth-order valence-electron chi connectivity index (χ4n) is 3.53. The second-order valence-corrected chi connectivity index (χ2v) is 7.42. The van der Waals surface area contributed by atoms with E-state index in [1.165, 1.54) is 21.3 Å². The second kappa shape index (κ2) is 9.20. The molecule has 3 aromatic rings. The third-order valence-electron chi connectivity index (χ3n) is 5.02. The average Bonchev–Trinajstić information content (AvgIpc) is 2.95. The largest absolute Gasteiger partial charge is 0.493 e. The molecule has 1 heterocycles. The Kier molecular flexibility index (Phi) is 6.18. The minimum Gasteiger partial charge on any atom is -0.493 e. The number of hydrogen-bond donors (Lipinski definition) is 2. The fourth-order valence-corrected chi connectivity index (χ4v) is 3.70. The number of nitrogens with zero attached hydrogens (tertiary/aromatic N) is 1. The van der Waals surface area contributed by atoms with Gasteiger partial charge in [-0.25, -0.2) is 4.99 Å². The zero-order valence-electron chi connectivity index (χ0n) is 17.8. The van der Waals surface area contributed by atoms with Crippen LogP contribution in [0.5, 0.6) is 17.2 Å². The van der Waals surface area contributed by atoms with Crippen LogP contribution in [0.15, 0.2) is 65.7 Å². The average molecular weight is 452 g/mol. The fraction of sp³-hybridized carbons (Fsp3) is 0.167. The van der Waals surface area contributed by atoms with Crippen molar-refractivity contribution in [2.24, 2.45) is 4.99 Å². The number of methoxy groups -OCH3 is 3. The third kappa shape index (κ3) is 4.20. The maximum absolute atomic E-state index is 13.1. The molecule has 8 heteroatoms. The lowest BCUT2D eigenvalue weighted by molar-refractivity contribution is -0.116. The smallest absolute Gasteiger partial charge is 0.269 e. The van der Waals surface area contributed by atoms with Crippen LogP contribution < -0.4 is 24.8 Å². The minimum atomic E-state index is -0.917. The van der Waals surface area contributed by atoms with E-state index in [1.807, 2.05) is 30.3 Å². The van der Waals surface area contributed by atoms with Gasteiger partial charge in [0, 0.05) is 34.0 Å². The molecule has 7 nitrogen and oxygen atoms in total. The number of rotatable bonds is 6. The van der Waals surface area contributed by atoms with E-state index in [9.17, 15) is 4.79 Å². The van der Waals surface area contributed by atoms with Crippen molar-refractivity contribution in [3.63, 3.8) is 0 Å². The van der Waals surface area contributed by atoms with E-state index in [0.717, 1.165) is 11.1 Å². The number of fused-ring (bicyclic) bond motifs is 1. The Morgan fingerprint density at radius 1 is 0.938 bits per heavy atom. The molecular formula is C24H22ClN3O4. The summed E-state index contributed by atoms with van der Waals surface area (Å²) < 4.78 is 16.2. The summed E-state index contributed by atoms with van der Waals surface area (Å²) in [7, 11) is 4.60. The van der Waals surface area contributed by atoms with Gasteiger partial charge in [0.2, 0.25) is 5.75 Å². The first kappa shape index (κ1) is 21.5. The van der Waals surface area contributed by atoms with Crippen molar-refractivity contribution >= 4 is 34.6 Å². The number of aliphatic imine (C=N–C) groups is 1. The third-order valence-corrected chi connectivity index (χ3v) is 5.25. The van der Waals surface area contributed by atoms with Gasteiger partial charge in [-0.3, -0.25) is 4.79 Å². The maximum atomic E-state index is 13.1.